The number of ether oxygens (including phenoxy) is 1. The Balaban J connectivity index is 2.65. The molecule has 5 nitrogen and oxygen atoms in total. The number of nitrogens with one attached hydrogen (secondary N) is 2. The van der Waals surface area contributed by atoms with Crippen LogP contribution in [0.5, 0.6) is 0 Å². The molecule has 0 aliphatic heterocycles. The zero-order chi connectivity index (χ0) is 16.5. The summed E-state index contributed by atoms with van der Waals surface area (Å²) in [6.07, 6.45) is 0. The molecule has 1 atom stereocenters. The van der Waals surface area contributed by atoms with E-state index in [1.165, 1.54) is 13.2 Å². The molecule has 1 rings (SSSR count). The van der Waals surface area contributed by atoms with Crippen LogP contribution >= 0.6 is 0 Å². The molecule has 0 spiro atoms. The minimum Gasteiger partial charge on any atom is -0.469 e. The van der Waals surface area contributed by atoms with Gasteiger partial charge in [-0.25, -0.2) is 9.38 Å². The Morgan fingerprint density at radius 1 is 1.41 bits per heavy atom. The van der Waals surface area contributed by atoms with Gasteiger partial charge in [-0.1, -0.05) is 19.1 Å². The highest BCUT2D eigenvalue weighted by Crippen LogP contribution is 2.10. The van der Waals surface area contributed by atoms with Gasteiger partial charge in [0, 0.05) is 13.1 Å². The summed E-state index contributed by atoms with van der Waals surface area (Å²) >= 11 is 0. The van der Waals surface area contributed by atoms with Gasteiger partial charge in [-0.2, -0.15) is 0 Å². The van der Waals surface area contributed by atoms with Crippen LogP contribution in [-0.4, -0.2) is 32.1 Å². The fourth-order valence-corrected chi connectivity index (χ4v) is 1.78. The van der Waals surface area contributed by atoms with E-state index in [1.807, 2.05) is 13.0 Å². The lowest BCUT2D eigenvalue weighted by atomic mass is 10.1. The normalized spacial score (nSPS) is 12.7. The van der Waals surface area contributed by atoms with Crippen LogP contribution in [0.3, 0.4) is 0 Å². The number of nitrogens with zero attached hydrogens (tertiary/aromatic N) is 1. The van der Waals surface area contributed by atoms with Crippen molar-refractivity contribution >= 4 is 11.9 Å². The van der Waals surface area contributed by atoms with E-state index in [9.17, 15) is 9.18 Å². The zero-order valence-electron chi connectivity index (χ0n) is 13.6. The molecule has 0 heterocycles. The summed E-state index contributed by atoms with van der Waals surface area (Å²) < 4.78 is 18.2. The van der Waals surface area contributed by atoms with E-state index in [-0.39, 0.29) is 17.7 Å². The third-order valence-electron chi connectivity index (χ3n) is 3.18. The molecule has 1 unspecified atom stereocenters. The topological polar surface area (TPSA) is 62.7 Å². The van der Waals surface area contributed by atoms with Crippen molar-refractivity contribution in [1.29, 1.82) is 0 Å². The lowest BCUT2D eigenvalue weighted by Crippen LogP contribution is -2.40. The number of aryl methyl sites for hydroxylation is 1. The first-order valence-corrected chi connectivity index (χ1v) is 7.33. The molecule has 0 aliphatic carbocycles. The van der Waals surface area contributed by atoms with Crippen LogP contribution in [0.25, 0.3) is 0 Å². The Labute approximate surface area is 131 Å². The average Bonchev–Trinajstić information content (AvgIpc) is 2.52. The van der Waals surface area contributed by atoms with Crippen LogP contribution in [0.1, 0.15) is 25.0 Å². The van der Waals surface area contributed by atoms with Crippen molar-refractivity contribution in [3.05, 3.63) is 35.1 Å². The summed E-state index contributed by atoms with van der Waals surface area (Å²) in [4.78, 5) is 15.8. The summed E-state index contributed by atoms with van der Waals surface area (Å²) in [6, 6.07) is 5.07. The van der Waals surface area contributed by atoms with Crippen LogP contribution in [0.4, 0.5) is 4.39 Å². The molecule has 0 aliphatic rings. The van der Waals surface area contributed by atoms with E-state index < -0.39 is 0 Å². The molecule has 0 radical (unpaired) electrons. The van der Waals surface area contributed by atoms with Crippen LogP contribution in [0, 0.1) is 18.7 Å². The number of hydrogen-bond acceptors (Lipinski definition) is 3. The highest BCUT2D eigenvalue weighted by Gasteiger charge is 2.13. The fraction of sp³-hybridized carbons (Fsp3) is 0.500. The van der Waals surface area contributed by atoms with Crippen LogP contribution < -0.4 is 10.6 Å². The van der Waals surface area contributed by atoms with E-state index in [2.05, 4.69) is 20.4 Å². The number of esters is 1. The fourth-order valence-electron chi connectivity index (χ4n) is 1.78. The van der Waals surface area contributed by atoms with Gasteiger partial charge in [0.25, 0.3) is 0 Å². The smallest absolute Gasteiger partial charge is 0.310 e. The lowest BCUT2D eigenvalue weighted by Gasteiger charge is -2.14. The maximum Gasteiger partial charge on any atom is 0.310 e. The predicted molar refractivity (Wildman–Crippen MR) is 85.1 cm³/mol. The zero-order valence-corrected chi connectivity index (χ0v) is 13.6. The van der Waals surface area contributed by atoms with Gasteiger partial charge in [0.15, 0.2) is 5.96 Å². The SMILES string of the molecule is CCNC(=NCc1ccc(C)c(F)c1)NCC(C)C(=O)OC. The number of hydrogen-bond donors (Lipinski definition) is 2. The molecule has 22 heavy (non-hydrogen) atoms. The van der Waals surface area contributed by atoms with E-state index >= 15 is 0 Å². The van der Waals surface area contributed by atoms with Crippen LogP contribution in [-0.2, 0) is 16.1 Å². The molecule has 0 saturated heterocycles. The Morgan fingerprint density at radius 2 is 2.14 bits per heavy atom. The third kappa shape index (κ3) is 5.71. The second-order valence-corrected chi connectivity index (χ2v) is 5.08. The van der Waals surface area contributed by atoms with E-state index in [4.69, 9.17) is 0 Å². The minimum atomic E-state index is -0.274. The van der Waals surface area contributed by atoms with Crippen molar-refractivity contribution in [2.24, 2.45) is 10.9 Å². The van der Waals surface area contributed by atoms with Crippen LogP contribution in [0.2, 0.25) is 0 Å². The highest BCUT2D eigenvalue weighted by atomic mass is 19.1. The second-order valence-electron chi connectivity index (χ2n) is 5.08. The summed E-state index contributed by atoms with van der Waals surface area (Å²) in [5, 5.41) is 6.16. The van der Waals surface area contributed by atoms with Crippen LogP contribution in [0.15, 0.2) is 23.2 Å². The molecule has 0 amide bonds. The predicted octanol–water partition coefficient (Wildman–Crippen LogP) is 2.00. The molecular weight excluding hydrogens is 285 g/mol. The number of methoxy groups -OCH3 is 1. The van der Waals surface area contributed by atoms with E-state index in [0.29, 0.717) is 31.2 Å². The average molecular weight is 309 g/mol. The Morgan fingerprint density at radius 3 is 2.73 bits per heavy atom. The summed E-state index contributed by atoms with van der Waals surface area (Å²) in [6.45, 7) is 6.92. The second kappa shape index (κ2) is 9.02. The quantitative estimate of drug-likeness (QED) is 0.479. The Kier molecular flexibility index (Phi) is 7.36. The number of aliphatic imine (C=N–C) groups is 1. The number of halogens is 1. The third-order valence-corrected chi connectivity index (χ3v) is 3.18. The number of rotatable bonds is 6. The van der Waals surface area contributed by atoms with Gasteiger partial charge < -0.3 is 15.4 Å². The molecule has 6 heteroatoms. The molecule has 1 aromatic carbocycles. The number of benzene rings is 1. The first-order chi connectivity index (χ1) is 10.5. The largest absolute Gasteiger partial charge is 0.469 e. The lowest BCUT2D eigenvalue weighted by molar-refractivity contribution is -0.144. The Bertz CT molecular complexity index is 532. The first kappa shape index (κ1) is 17.9. The maximum absolute atomic E-state index is 13.5. The van der Waals surface area contributed by atoms with Gasteiger partial charge in [-0.05, 0) is 31.0 Å². The van der Waals surface area contributed by atoms with Gasteiger partial charge >= 0.3 is 5.97 Å². The molecule has 0 aromatic heterocycles. The van der Waals surface area contributed by atoms with Gasteiger partial charge in [0.1, 0.15) is 5.82 Å². The summed E-state index contributed by atoms with van der Waals surface area (Å²) in [5.74, 6) is -0.196. The van der Waals surface area contributed by atoms with Gasteiger partial charge in [-0.3, -0.25) is 4.79 Å². The Hall–Kier alpha value is -2.11. The number of carbonyl (C=O) groups excluding carboxylic acids is 1. The number of carbonyl (C=O) groups is 1. The highest BCUT2D eigenvalue weighted by molar-refractivity contribution is 5.80. The summed E-state index contributed by atoms with van der Waals surface area (Å²) in [5.41, 5.74) is 1.41. The number of guanidine groups is 1. The van der Waals surface area contributed by atoms with Crippen molar-refractivity contribution in [2.75, 3.05) is 20.2 Å². The van der Waals surface area contributed by atoms with Crippen molar-refractivity contribution in [3.8, 4) is 0 Å². The van der Waals surface area contributed by atoms with Crippen molar-refractivity contribution in [2.45, 2.75) is 27.3 Å². The molecule has 2 N–H and O–H groups in total. The molecular formula is C16H24FN3O2. The van der Waals surface area contributed by atoms with E-state index in [1.54, 1.807) is 19.9 Å². The maximum atomic E-state index is 13.5. The molecule has 0 bridgehead atoms. The van der Waals surface area contributed by atoms with Gasteiger partial charge in [0.05, 0.1) is 19.6 Å². The van der Waals surface area contributed by atoms with Gasteiger partial charge in [-0.15, -0.1) is 0 Å². The van der Waals surface area contributed by atoms with Crippen molar-refractivity contribution in [1.82, 2.24) is 10.6 Å². The van der Waals surface area contributed by atoms with Crippen molar-refractivity contribution < 1.29 is 13.9 Å². The summed E-state index contributed by atoms with van der Waals surface area (Å²) in [7, 11) is 1.37. The van der Waals surface area contributed by atoms with Crippen molar-refractivity contribution in [3.63, 3.8) is 0 Å². The standard InChI is InChI=1S/C16H24FN3O2/c1-5-18-16(19-9-12(3)15(21)22-4)20-10-13-7-6-11(2)14(17)8-13/h6-8,12H,5,9-10H2,1-4H3,(H2,18,19,20). The molecule has 1 aromatic rings. The molecule has 0 fully saturated rings. The minimum absolute atomic E-state index is 0.232. The van der Waals surface area contributed by atoms with E-state index in [0.717, 1.165) is 5.56 Å². The molecule has 122 valence electrons. The van der Waals surface area contributed by atoms with Gasteiger partial charge in [0.2, 0.25) is 0 Å². The molecule has 0 saturated carbocycles. The first-order valence-electron chi connectivity index (χ1n) is 7.33. The monoisotopic (exact) mass is 309 g/mol.